The highest BCUT2D eigenvalue weighted by atomic mass is 79.9. The number of carbonyl (C=O) groups excluding carboxylic acids is 1. The number of hydrogen-bond donors (Lipinski definition) is 0. The molecule has 0 saturated carbocycles. The van der Waals surface area contributed by atoms with Crippen LogP contribution < -0.4 is 4.90 Å². The summed E-state index contributed by atoms with van der Waals surface area (Å²) in [5, 5.41) is 0. The standard InChI is InChI=1S/C15H14BrNOS/c16-15-8-7-11(19-15)10-17-9-3-6-14(18)12-4-1-2-5-13(12)17/h1-2,4-5,7-8H,3,6,9-10H2. The van der Waals surface area contributed by atoms with E-state index in [9.17, 15) is 4.79 Å². The van der Waals surface area contributed by atoms with Crippen LogP contribution in [0.1, 0.15) is 28.1 Å². The van der Waals surface area contributed by atoms with Crippen LogP contribution in [0.3, 0.4) is 0 Å². The van der Waals surface area contributed by atoms with Crippen LogP contribution in [-0.2, 0) is 6.54 Å². The fraction of sp³-hybridized carbons (Fsp3) is 0.267. The van der Waals surface area contributed by atoms with Gasteiger partial charge in [0, 0.05) is 29.1 Å². The van der Waals surface area contributed by atoms with Crippen LogP contribution in [0.4, 0.5) is 5.69 Å². The summed E-state index contributed by atoms with van der Waals surface area (Å²) < 4.78 is 1.15. The molecule has 98 valence electrons. The lowest BCUT2D eigenvalue weighted by Crippen LogP contribution is -2.22. The minimum atomic E-state index is 0.269. The molecule has 0 bridgehead atoms. The molecule has 0 spiro atoms. The largest absolute Gasteiger partial charge is 0.366 e. The Morgan fingerprint density at radius 3 is 2.84 bits per heavy atom. The van der Waals surface area contributed by atoms with Gasteiger partial charge in [0.1, 0.15) is 0 Å². The van der Waals surface area contributed by atoms with Crippen LogP contribution in [0.5, 0.6) is 0 Å². The number of ketones is 1. The first-order valence-electron chi connectivity index (χ1n) is 6.35. The Balaban J connectivity index is 1.93. The quantitative estimate of drug-likeness (QED) is 0.805. The molecule has 0 amide bonds. The number of anilines is 1. The van der Waals surface area contributed by atoms with Crippen LogP contribution >= 0.6 is 27.3 Å². The Morgan fingerprint density at radius 2 is 2.05 bits per heavy atom. The van der Waals surface area contributed by atoms with Gasteiger partial charge in [-0.1, -0.05) is 12.1 Å². The number of hydrogen-bond acceptors (Lipinski definition) is 3. The first kappa shape index (κ1) is 12.9. The van der Waals surface area contributed by atoms with Crippen molar-refractivity contribution in [2.24, 2.45) is 0 Å². The summed E-state index contributed by atoms with van der Waals surface area (Å²) in [5.41, 5.74) is 1.95. The third-order valence-corrected chi connectivity index (χ3v) is 4.96. The fourth-order valence-electron chi connectivity index (χ4n) is 2.46. The van der Waals surface area contributed by atoms with Gasteiger partial charge >= 0.3 is 0 Å². The summed E-state index contributed by atoms with van der Waals surface area (Å²) in [6.07, 6.45) is 1.59. The maximum Gasteiger partial charge on any atom is 0.165 e. The molecule has 2 aromatic rings. The van der Waals surface area contributed by atoms with Crippen molar-refractivity contribution in [3.63, 3.8) is 0 Å². The predicted molar refractivity (Wildman–Crippen MR) is 83.1 cm³/mol. The Morgan fingerprint density at radius 1 is 1.21 bits per heavy atom. The van der Waals surface area contributed by atoms with Crippen LogP contribution in [0.2, 0.25) is 0 Å². The summed E-state index contributed by atoms with van der Waals surface area (Å²) in [7, 11) is 0. The fourth-order valence-corrected chi connectivity index (χ4v) is 3.96. The van der Waals surface area contributed by atoms with Gasteiger partial charge in [0.25, 0.3) is 0 Å². The van der Waals surface area contributed by atoms with E-state index >= 15 is 0 Å². The maximum absolute atomic E-state index is 12.1. The first-order chi connectivity index (χ1) is 9.24. The number of Topliss-reactive ketones (excluding diaryl/α,β-unsaturated/α-hetero) is 1. The van der Waals surface area contributed by atoms with E-state index in [-0.39, 0.29) is 5.78 Å². The lowest BCUT2D eigenvalue weighted by molar-refractivity contribution is 0.0984. The highest BCUT2D eigenvalue weighted by Crippen LogP contribution is 2.30. The van der Waals surface area contributed by atoms with Gasteiger partial charge < -0.3 is 4.90 Å². The Hall–Kier alpha value is -1.13. The summed E-state index contributed by atoms with van der Waals surface area (Å²) in [5.74, 6) is 0.269. The number of para-hydroxylation sites is 1. The van der Waals surface area contributed by atoms with Gasteiger partial charge in [-0.25, -0.2) is 0 Å². The number of fused-ring (bicyclic) bond motifs is 1. The second kappa shape index (κ2) is 5.47. The van der Waals surface area contributed by atoms with Crippen molar-refractivity contribution in [2.45, 2.75) is 19.4 Å². The normalized spacial score (nSPS) is 15.2. The van der Waals surface area contributed by atoms with Crippen LogP contribution in [-0.4, -0.2) is 12.3 Å². The predicted octanol–water partition coefficient (Wildman–Crippen LogP) is 4.49. The molecule has 2 nitrogen and oxygen atoms in total. The lowest BCUT2D eigenvalue weighted by Gasteiger charge is -2.23. The topological polar surface area (TPSA) is 20.3 Å². The van der Waals surface area contributed by atoms with Gasteiger partial charge in [0.2, 0.25) is 0 Å². The van der Waals surface area contributed by atoms with E-state index in [1.807, 2.05) is 18.2 Å². The van der Waals surface area contributed by atoms with E-state index in [0.29, 0.717) is 6.42 Å². The molecule has 0 aliphatic carbocycles. The molecule has 1 aromatic heterocycles. The van der Waals surface area contributed by atoms with Crippen molar-refractivity contribution in [1.82, 2.24) is 0 Å². The highest BCUT2D eigenvalue weighted by molar-refractivity contribution is 9.11. The van der Waals surface area contributed by atoms with E-state index < -0.39 is 0 Å². The van der Waals surface area contributed by atoms with Crippen molar-refractivity contribution in [1.29, 1.82) is 0 Å². The first-order valence-corrected chi connectivity index (χ1v) is 7.96. The minimum absolute atomic E-state index is 0.269. The zero-order valence-electron chi connectivity index (χ0n) is 10.4. The van der Waals surface area contributed by atoms with E-state index in [4.69, 9.17) is 0 Å². The second-order valence-corrected chi connectivity index (χ2v) is 7.22. The molecular formula is C15H14BrNOS. The molecule has 19 heavy (non-hydrogen) atoms. The van der Waals surface area contributed by atoms with Crippen LogP contribution in [0, 0.1) is 0 Å². The molecule has 1 aliphatic rings. The van der Waals surface area contributed by atoms with Crippen molar-refractivity contribution in [3.8, 4) is 0 Å². The lowest BCUT2D eigenvalue weighted by atomic mass is 10.1. The van der Waals surface area contributed by atoms with Crippen molar-refractivity contribution in [2.75, 3.05) is 11.4 Å². The van der Waals surface area contributed by atoms with Crippen LogP contribution in [0.25, 0.3) is 0 Å². The van der Waals surface area contributed by atoms with E-state index in [1.165, 1.54) is 4.88 Å². The molecule has 0 atom stereocenters. The van der Waals surface area contributed by atoms with Gasteiger partial charge in [-0.2, -0.15) is 0 Å². The number of halogens is 1. The number of benzene rings is 1. The highest BCUT2D eigenvalue weighted by Gasteiger charge is 2.20. The number of carbonyl (C=O) groups is 1. The van der Waals surface area contributed by atoms with Gasteiger partial charge in [-0.3, -0.25) is 4.79 Å². The molecule has 0 radical (unpaired) electrons. The summed E-state index contributed by atoms with van der Waals surface area (Å²) in [6, 6.07) is 12.2. The molecule has 3 rings (SSSR count). The Bertz CT molecular complexity index is 608. The number of rotatable bonds is 2. The molecule has 1 aliphatic heterocycles. The molecule has 0 fully saturated rings. The number of nitrogens with zero attached hydrogens (tertiary/aromatic N) is 1. The monoisotopic (exact) mass is 335 g/mol. The van der Waals surface area contributed by atoms with Crippen molar-refractivity contribution < 1.29 is 4.79 Å². The molecular weight excluding hydrogens is 322 g/mol. The van der Waals surface area contributed by atoms with Gasteiger partial charge in [-0.15, -0.1) is 11.3 Å². The minimum Gasteiger partial charge on any atom is -0.366 e. The second-order valence-electron chi connectivity index (χ2n) is 4.67. The average Bonchev–Trinajstić information content (AvgIpc) is 2.75. The van der Waals surface area contributed by atoms with Gasteiger partial charge in [0.15, 0.2) is 5.78 Å². The van der Waals surface area contributed by atoms with E-state index in [1.54, 1.807) is 11.3 Å². The Kier molecular flexibility index (Phi) is 3.71. The summed E-state index contributed by atoms with van der Waals surface area (Å²) in [6.45, 7) is 1.82. The average molecular weight is 336 g/mol. The molecule has 0 unspecified atom stereocenters. The van der Waals surface area contributed by atoms with Gasteiger partial charge in [0.05, 0.1) is 10.3 Å². The number of thiophene rings is 1. The van der Waals surface area contributed by atoms with E-state index in [2.05, 4.69) is 39.0 Å². The molecule has 0 N–H and O–H groups in total. The smallest absolute Gasteiger partial charge is 0.165 e. The third-order valence-electron chi connectivity index (χ3n) is 3.35. The third kappa shape index (κ3) is 2.74. The van der Waals surface area contributed by atoms with Crippen molar-refractivity contribution in [3.05, 3.63) is 50.6 Å². The SMILES string of the molecule is O=C1CCCN(Cc2ccc(Br)s2)c2ccccc21. The van der Waals surface area contributed by atoms with E-state index in [0.717, 1.165) is 34.5 Å². The molecule has 2 heterocycles. The summed E-state index contributed by atoms with van der Waals surface area (Å²) in [4.78, 5) is 15.7. The van der Waals surface area contributed by atoms with Crippen molar-refractivity contribution >= 4 is 38.7 Å². The maximum atomic E-state index is 12.1. The molecule has 4 heteroatoms. The van der Waals surface area contributed by atoms with Gasteiger partial charge in [-0.05, 0) is 46.6 Å². The van der Waals surface area contributed by atoms with Crippen LogP contribution in [0.15, 0.2) is 40.2 Å². The zero-order valence-corrected chi connectivity index (χ0v) is 12.8. The molecule has 0 saturated heterocycles. The molecule has 1 aromatic carbocycles. The Labute approximate surface area is 125 Å². The zero-order chi connectivity index (χ0) is 13.2. The summed E-state index contributed by atoms with van der Waals surface area (Å²) >= 11 is 5.25.